The molecular formula is C25H40O4. The molecule has 1 aromatic carbocycles. The highest BCUT2D eigenvalue weighted by molar-refractivity contribution is 6.03. The van der Waals surface area contributed by atoms with Crippen LogP contribution in [0.2, 0.25) is 0 Å². The second kappa shape index (κ2) is 14.2. The second-order valence-electron chi connectivity index (χ2n) is 8.72. The van der Waals surface area contributed by atoms with Gasteiger partial charge in [-0.25, -0.2) is 9.59 Å². The Bertz CT molecular complexity index is 634. The van der Waals surface area contributed by atoms with Crippen LogP contribution in [0.5, 0.6) is 0 Å². The number of carboxylic acids is 2. The molecule has 0 amide bonds. The first-order valence-corrected chi connectivity index (χ1v) is 11.4. The maximum Gasteiger partial charge on any atom is 0.336 e. The fraction of sp³-hybridized carbons (Fsp3) is 0.680. The van der Waals surface area contributed by atoms with Crippen molar-refractivity contribution in [1.82, 2.24) is 0 Å². The molecule has 4 heteroatoms. The molecule has 29 heavy (non-hydrogen) atoms. The van der Waals surface area contributed by atoms with Crippen LogP contribution in [0.3, 0.4) is 0 Å². The van der Waals surface area contributed by atoms with Crippen molar-refractivity contribution >= 4 is 11.9 Å². The first-order chi connectivity index (χ1) is 13.8. The Morgan fingerprint density at radius 2 is 1.24 bits per heavy atom. The second-order valence-corrected chi connectivity index (χ2v) is 8.72. The summed E-state index contributed by atoms with van der Waals surface area (Å²) < 4.78 is 0. The van der Waals surface area contributed by atoms with Gasteiger partial charge in [-0.15, -0.1) is 0 Å². The largest absolute Gasteiger partial charge is 0.478 e. The molecule has 0 fully saturated rings. The van der Waals surface area contributed by atoms with E-state index in [1.807, 2.05) is 6.92 Å². The average Bonchev–Trinajstić information content (AvgIpc) is 2.65. The summed E-state index contributed by atoms with van der Waals surface area (Å²) in [6.45, 7) is 6.44. The maximum absolute atomic E-state index is 11.6. The maximum atomic E-state index is 11.6. The summed E-state index contributed by atoms with van der Waals surface area (Å²) in [5.41, 5.74) is 1.39. The number of benzene rings is 1. The Morgan fingerprint density at radius 3 is 1.69 bits per heavy atom. The molecule has 1 rings (SSSR count). The Hall–Kier alpha value is -1.84. The predicted molar refractivity (Wildman–Crippen MR) is 119 cm³/mol. The number of aromatic carboxylic acids is 2. The molecule has 1 aromatic rings. The molecule has 0 aliphatic heterocycles. The summed E-state index contributed by atoms with van der Waals surface area (Å²) in [4.78, 5) is 22.9. The van der Waals surface area contributed by atoms with E-state index in [1.165, 1.54) is 63.9 Å². The van der Waals surface area contributed by atoms with Crippen LogP contribution in [0, 0.1) is 12.8 Å². The molecule has 0 unspecified atom stereocenters. The zero-order valence-corrected chi connectivity index (χ0v) is 18.6. The van der Waals surface area contributed by atoms with Crippen LogP contribution < -0.4 is 0 Å². The minimum atomic E-state index is -1.18. The summed E-state index contributed by atoms with van der Waals surface area (Å²) in [6, 6.07) is 3.11. The topological polar surface area (TPSA) is 74.6 Å². The zero-order chi connectivity index (χ0) is 21.6. The highest BCUT2D eigenvalue weighted by Crippen LogP contribution is 2.22. The molecule has 4 nitrogen and oxygen atoms in total. The monoisotopic (exact) mass is 404 g/mol. The molecule has 0 aromatic heterocycles. The van der Waals surface area contributed by atoms with E-state index in [4.69, 9.17) is 0 Å². The Labute approximate surface area is 176 Å². The predicted octanol–water partition coefficient (Wildman–Crippen LogP) is 7.27. The van der Waals surface area contributed by atoms with Crippen molar-refractivity contribution in [1.29, 1.82) is 0 Å². The normalized spacial score (nSPS) is 11.2. The standard InChI is InChI=1S/C25H40O4/c1-19(2)15-13-11-9-7-5-4-6-8-10-12-14-16-21-20(3)17-18-22(24(26)27)23(21)25(28)29/h17-19H,4-16H2,1-3H3,(H,26,27)(H,28,29). The van der Waals surface area contributed by atoms with Gasteiger partial charge < -0.3 is 10.2 Å². The van der Waals surface area contributed by atoms with Gasteiger partial charge >= 0.3 is 11.9 Å². The lowest BCUT2D eigenvalue weighted by Gasteiger charge is -2.12. The van der Waals surface area contributed by atoms with Crippen LogP contribution in [-0.2, 0) is 6.42 Å². The summed E-state index contributed by atoms with van der Waals surface area (Å²) in [6.07, 6.45) is 15.7. The summed E-state index contributed by atoms with van der Waals surface area (Å²) in [5, 5.41) is 18.7. The number of hydrogen-bond acceptors (Lipinski definition) is 2. The molecule has 0 bridgehead atoms. The fourth-order valence-corrected chi connectivity index (χ4v) is 3.94. The van der Waals surface area contributed by atoms with Crippen molar-refractivity contribution in [2.75, 3.05) is 0 Å². The van der Waals surface area contributed by atoms with E-state index < -0.39 is 11.9 Å². The van der Waals surface area contributed by atoms with Crippen LogP contribution in [0.25, 0.3) is 0 Å². The lowest BCUT2D eigenvalue weighted by atomic mass is 9.92. The van der Waals surface area contributed by atoms with E-state index in [0.29, 0.717) is 12.0 Å². The highest BCUT2D eigenvalue weighted by atomic mass is 16.4. The van der Waals surface area contributed by atoms with E-state index in [-0.39, 0.29) is 11.1 Å². The Kier molecular flexibility index (Phi) is 12.3. The lowest BCUT2D eigenvalue weighted by Crippen LogP contribution is -2.13. The van der Waals surface area contributed by atoms with Crippen molar-refractivity contribution in [3.8, 4) is 0 Å². The lowest BCUT2D eigenvalue weighted by molar-refractivity contribution is 0.0650. The van der Waals surface area contributed by atoms with Crippen molar-refractivity contribution in [3.63, 3.8) is 0 Å². The first kappa shape index (κ1) is 25.2. The highest BCUT2D eigenvalue weighted by Gasteiger charge is 2.21. The quantitative estimate of drug-likeness (QED) is 0.284. The van der Waals surface area contributed by atoms with Gasteiger partial charge in [-0.05, 0) is 42.9 Å². The van der Waals surface area contributed by atoms with Gasteiger partial charge in [-0.3, -0.25) is 0 Å². The molecule has 0 saturated carbocycles. The third kappa shape index (κ3) is 9.96. The Balaban J connectivity index is 2.20. The molecule has 0 radical (unpaired) electrons. The third-order valence-electron chi connectivity index (χ3n) is 5.70. The van der Waals surface area contributed by atoms with E-state index in [0.717, 1.165) is 30.7 Å². The molecule has 0 atom stereocenters. The minimum Gasteiger partial charge on any atom is -0.478 e. The van der Waals surface area contributed by atoms with E-state index in [2.05, 4.69) is 13.8 Å². The smallest absolute Gasteiger partial charge is 0.336 e. The van der Waals surface area contributed by atoms with Crippen molar-refractivity contribution in [2.45, 2.75) is 104 Å². The van der Waals surface area contributed by atoms with Gasteiger partial charge in [0, 0.05) is 0 Å². The molecule has 0 aliphatic rings. The summed E-state index contributed by atoms with van der Waals surface area (Å²) >= 11 is 0. The number of hydrogen-bond donors (Lipinski definition) is 2. The van der Waals surface area contributed by atoms with Gasteiger partial charge in [0.25, 0.3) is 0 Å². The number of rotatable bonds is 16. The van der Waals surface area contributed by atoms with Crippen LogP contribution >= 0.6 is 0 Å². The summed E-state index contributed by atoms with van der Waals surface area (Å²) in [5.74, 6) is -1.50. The van der Waals surface area contributed by atoms with Gasteiger partial charge in [-0.1, -0.05) is 90.5 Å². The van der Waals surface area contributed by atoms with Crippen molar-refractivity contribution < 1.29 is 19.8 Å². The minimum absolute atomic E-state index is 0.0362. The van der Waals surface area contributed by atoms with E-state index in [9.17, 15) is 19.8 Å². The number of unbranched alkanes of at least 4 members (excludes halogenated alkanes) is 10. The van der Waals surface area contributed by atoms with Crippen LogP contribution in [0.15, 0.2) is 12.1 Å². The summed E-state index contributed by atoms with van der Waals surface area (Å²) in [7, 11) is 0. The van der Waals surface area contributed by atoms with Gasteiger partial charge in [0.1, 0.15) is 0 Å². The molecule has 2 N–H and O–H groups in total. The van der Waals surface area contributed by atoms with Crippen molar-refractivity contribution in [3.05, 3.63) is 34.4 Å². The third-order valence-corrected chi connectivity index (χ3v) is 5.70. The average molecular weight is 405 g/mol. The first-order valence-electron chi connectivity index (χ1n) is 11.4. The number of carbonyl (C=O) groups is 2. The SMILES string of the molecule is Cc1ccc(C(=O)O)c(C(=O)O)c1CCCCCCCCCCCCCC(C)C. The Morgan fingerprint density at radius 1 is 0.759 bits per heavy atom. The van der Waals surface area contributed by atoms with Crippen molar-refractivity contribution in [2.24, 2.45) is 5.92 Å². The van der Waals surface area contributed by atoms with Crippen LogP contribution in [0.1, 0.15) is 123 Å². The van der Waals surface area contributed by atoms with Gasteiger partial charge in [0.2, 0.25) is 0 Å². The fourth-order valence-electron chi connectivity index (χ4n) is 3.94. The van der Waals surface area contributed by atoms with Gasteiger partial charge in [0.15, 0.2) is 0 Å². The number of aryl methyl sites for hydroxylation is 1. The van der Waals surface area contributed by atoms with Gasteiger partial charge in [-0.2, -0.15) is 0 Å². The van der Waals surface area contributed by atoms with Crippen LogP contribution in [-0.4, -0.2) is 22.2 Å². The molecule has 164 valence electrons. The van der Waals surface area contributed by atoms with Gasteiger partial charge in [0.05, 0.1) is 11.1 Å². The molecule has 0 saturated heterocycles. The zero-order valence-electron chi connectivity index (χ0n) is 18.6. The molecule has 0 heterocycles. The van der Waals surface area contributed by atoms with Crippen LogP contribution in [0.4, 0.5) is 0 Å². The van der Waals surface area contributed by atoms with E-state index in [1.54, 1.807) is 6.07 Å². The number of carboxylic acid groups (broad SMARTS) is 2. The molecule has 0 spiro atoms. The molecule has 0 aliphatic carbocycles. The molecular weight excluding hydrogens is 364 g/mol. The van der Waals surface area contributed by atoms with E-state index >= 15 is 0 Å².